The Labute approximate surface area is 169 Å². The smallest absolute Gasteiger partial charge is 0.293 e. The number of imide groups is 1. The molecule has 1 saturated heterocycles. The van der Waals surface area contributed by atoms with Crippen LogP contribution in [-0.4, -0.2) is 35.1 Å². The second kappa shape index (κ2) is 7.29. The molecule has 0 aliphatic carbocycles. The Bertz CT molecular complexity index is 1020. The first-order chi connectivity index (χ1) is 13.5. The molecule has 0 bridgehead atoms. The van der Waals surface area contributed by atoms with Gasteiger partial charge in [0.2, 0.25) is 6.79 Å². The van der Waals surface area contributed by atoms with Gasteiger partial charge in [-0.1, -0.05) is 17.7 Å². The summed E-state index contributed by atoms with van der Waals surface area (Å²) >= 11 is 7.08. The highest BCUT2D eigenvalue weighted by Gasteiger charge is 2.35. The van der Waals surface area contributed by atoms with Gasteiger partial charge in [-0.2, -0.15) is 0 Å². The molecule has 1 N–H and O–H groups in total. The van der Waals surface area contributed by atoms with Crippen LogP contribution in [0.1, 0.15) is 11.1 Å². The number of aromatic hydroxyl groups is 1. The number of thioether (sulfide) groups is 1. The summed E-state index contributed by atoms with van der Waals surface area (Å²) in [6, 6.07) is 7.99. The van der Waals surface area contributed by atoms with E-state index in [1.54, 1.807) is 30.3 Å². The Morgan fingerprint density at radius 1 is 1.25 bits per heavy atom. The fraction of sp³-hybridized carbons (Fsp3) is 0.158. The van der Waals surface area contributed by atoms with Gasteiger partial charge in [-0.15, -0.1) is 0 Å². The molecule has 2 aliphatic rings. The van der Waals surface area contributed by atoms with Gasteiger partial charge >= 0.3 is 0 Å². The number of hydrogen-bond acceptors (Lipinski definition) is 7. The van der Waals surface area contributed by atoms with Gasteiger partial charge in [0.1, 0.15) is 0 Å². The van der Waals surface area contributed by atoms with Crippen LogP contribution >= 0.6 is 23.4 Å². The maximum Gasteiger partial charge on any atom is 0.293 e. The van der Waals surface area contributed by atoms with E-state index >= 15 is 0 Å². The maximum atomic E-state index is 12.7. The van der Waals surface area contributed by atoms with Gasteiger partial charge in [0, 0.05) is 11.1 Å². The van der Waals surface area contributed by atoms with Crippen molar-refractivity contribution in [3.05, 3.63) is 51.4 Å². The van der Waals surface area contributed by atoms with Crippen LogP contribution in [0.3, 0.4) is 0 Å². The number of phenols is 1. The van der Waals surface area contributed by atoms with E-state index in [1.807, 2.05) is 0 Å². The quantitative estimate of drug-likeness (QED) is 0.749. The van der Waals surface area contributed by atoms with Crippen LogP contribution in [0, 0.1) is 0 Å². The standard InChI is InChI=1S/C19H14ClNO6S/c1-25-14-3-2-10(4-13(14)22)5-17-18(23)21(19(24)28-17)8-11-6-15-16(7-12(11)20)27-9-26-15/h2-7,22H,8-9H2,1H3/b17-5+. The lowest BCUT2D eigenvalue weighted by atomic mass is 10.1. The Kier molecular flexibility index (Phi) is 4.82. The van der Waals surface area contributed by atoms with Crippen LogP contribution in [0.2, 0.25) is 5.02 Å². The number of carbonyl (C=O) groups is 2. The van der Waals surface area contributed by atoms with Crippen LogP contribution < -0.4 is 14.2 Å². The molecule has 144 valence electrons. The highest BCUT2D eigenvalue weighted by atomic mass is 35.5. The Balaban J connectivity index is 1.57. The predicted molar refractivity (Wildman–Crippen MR) is 104 cm³/mol. The van der Waals surface area contributed by atoms with E-state index in [0.29, 0.717) is 33.4 Å². The molecule has 2 aromatic rings. The molecule has 0 aromatic heterocycles. The Morgan fingerprint density at radius 2 is 2.00 bits per heavy atom. The van der Waals surface area contributed by atoms with E-state index in [-0.39, 0.29) is 24.0 Å². The van der Waals surface area contributed by atoms with E-state index in [2.05, 4.69) is 0 Å². The molecule has 7 nitrogen and oxygen atoms in total. The summed E-state index contributed by atoms with van der Waals surface area (Å²) in [6.45, 7) is 0.124. The van der Waals surface area contributed by atoms with Crippen molar-refractivity contribution in [2.45, 2.75) is 6.54 Å². The number of fused-ring (bicyclic) bond motifs is 1. The third-order valence-corrected chi connectivity index (χ3v) is 5.50. The van der Waals surface area contributed by atoms with Crippen molar-refractivity contribution in [3.63, 3.8) is 0 Å². The zero-order valence-corrected chi connectivity index (χ0v) is 16.2. The minimum atomic E-state index is -0.431. The van der Waals surface area contributed by atoms with Gasteiger partial charge in [-0.3, -0.25) is 14.5 Å². The van der Waals surface area contributed by atoms with Crippen LogP contribution in [0.25, 0.3) is 6.08 Å². The lowest BCUT2D eigenvalue weighted by molar-refractivity contribution is -0.123. The number of carbonyl (C=O) groups excluding carboxylic acids is 2. The van der Waals surface area contributed by atoms with E-state index in [4.69, 9.17) is 25.8 Å². The number of rotatable bonds is 4. The van der Waals surface area contributed by atoms with Crippen molar-refractivity contribution >= 4 is 40.6 Å². The number of methoxy groups -OCH3 is 1. The van der Waals surface area contributed by atoms with Crippen LogP contribution in [-0.2, 0) is 11.3 Å². The zero-order valence-electron chi connectivity index (χ0n) is 14.6. The molecule has 0 radical (unpaired) electrons. The summed E-state index contributed by atoms with van der Waals surface area (Å²) in [7, 11) is 1.45. The molecule has 0 atom stereocenters. The molecular formula is C19H14ClNO6S. The molecule has 0 spiro atoms. The molecule has 9 heteroatoms. The Hall–Kier alpha value is -2.84. The van der Waals surface area contributed by atoms with Crippen molar-refractivity contribution in [2.75, 3.05) is 13.9 Å². The number of phenolic OH excluding ortho intramolecular Hbond substituents is 1. The summed E-state index contributed by atoms with van der Waals surface area (Å²) in [5, 5.41) is 9.86. The molecule has 2 aromatic carbocycles. The fourth-order valence-corrected chi connectivity index (χ4v) is 3.89. The minimum absolute atomic E-state index is 0.0192. The molecular weight excluding hydrogens is 406 g/mol. The molecule has 2 amide bonds. The highest BCUT2D eigenvalue weighted by Crippen LogP contribution is 2.39. The van der Waals surface area contributed by atoms with Crippen LogP contribution in [0.15, 0.2) is 35.2 Å². The largest absolute Gasteiger partial charge is 0.504 e. The monoisotopic (exact) mass is 419 g/mol. The van der Waals surface area contributed by atoms with Gasteiger partial charge < -0.3 is 19.3 Å². The lowest BCUT2D eigenvalue weighted by Crippen LogP contribution is -2.27. The second-order valence-corrected chi connectivity index (χ2v) is 7.40. The first-order valence-electron chi connectivity index (χ1n) is 8.16. The summed E-state index contributed by atoms with van der Waals surface area (Å²) < 4.78 is 15.6. The van der Waals surface area contributed by atoms with Gasteiger partial charge in [0.15, 0.2) is 23.0 Å². The van der Waals surface area contributed by atoms with Crippen LogP contribution in [0.5, 0.6) is 23.0 Å². The molecule has 2 heterocycles. The van der Waals surface area contributed by atoms with Gasteiger partial charge in [0.05, 0.1) is 18.6 Å². The second-order valence-electron chi connectivity index (χ2n) is 6.00. The third-order valence-electron chi connectivity index (χ3n) is 4.24. The summed E-state index contributed by atoms with van der Waals surface area (Å²) in [4.78, 5) is 26.4. The molecule has 4 rings (SSSR count). The molecule has 1 fully saturated rings. The molecule has 2 aliphatic heterocycles. The average molecular weight is 420 g/mol. The van der Waals surface area contributed by atoms with E-state index in [9.17, 15) is 14.7 Å². The SMILES string of the molecule is COc1ccc(/C=C2/SC(=O)N(Cc3cc4c(cc3Cl)OCO4)C2=O)cc1O. The molecule has 0 saturated carbocycles. The number of amides is 2. The van der Waals surface area contributed by atoms with Crippen molar-refractivity contribution in [1.29, 1.82) is 0 Å². The van der Waals surface area contributed by atoms with E-state index < -0.39 is 11.1 Å². The van der Waals surface area contributed by atoms with Crippen molar-refractivity contribution in [3.8, 4) is 23.0 Å². The Morgan fingerprint density at radius 3 is 2.71 bits per heavy atom. The first-order valence-corrected chi connectivity index (χ1v) is 9.36. The average Bonchev–Trinajstić information content (AvgIpc) is 3.21. The van der Waals surface area contributed by atoms with E-state index in [0.717, 1.165) is 16.7 Å². The maximum absolute atomic E-state index is 12.7. The molecule has 0 unspecified atom stereocenters. The normalized spacial score (nSPS) is 16.9. The fourth-order valence-electron chi connectivity index (χ4n) is 2.84. The number of nitrogens with zero attached hydrogens (tertiary/aromatic N) is 1. The first kappa shape index (κ1) is 18.5. The van der Waals surface area contributed by atoms with Crippen molar-refractivity contribution < 1.29 is 28.9 Å². The third kappa shape index (κ3) is 3.36. The predicted octanol–water partition coefficient (Wildman–Crippen LogP) is 4.02. The van der Waals surface area contributed by atoms with Gasteiger partial charge in [-0.05, 0) is 47.2 Å². The summed E-state index contributed by atoms with van der Waals surface area (Å²) in [5.41, 5.74) is 1.15. The van der Waals surface area contributed by atoms with E-state index in [1.165, 1.54) is 13.2 Å². The summed E-state index contributed by atoms with van der Waals surface area (Å²) in [6.07, 6.45) is 1.55. The summed E-state index contributed by atoms with van der Waals surface area (Å²) in [5.74, 6) is 0.891. The van der Waals surface area contributed by atoms with Crippen molar-refractivity contribution in [2.24, 2.45) is 0 Å². The number of halogens is 1. The zero-order chi connectivity index (χ0) is 19.8. The number of benzene rings is 2. The van der Waals surface area contributed by atoms with Gasteiger partial charge in [0.25, 0.3) is 11.1 Å². The highest BCUT2D eigenvalue weighted by molar-refractivity contribution is 8.18. The minimum Gasteiger partial charge on any atom is -0.504 e. The number of hydrogen-bond donors (Lipinski definition) is 1. The topological polar surface area (TPSA) is 85.3 Å². The number of ether oxygens (including phenoxy) is 3. The van der Waals surface area contributed by atoms with Crippen molar-refractivity contribution in [1.82, 2.24) is 4.90 Å². The van der Waals surface area contributed by atoms with Gasteiger partial charge in [-0.25, -0.2) is 0 Å². The van der Waals surface area contributed by atoms with Crippen LogP contribution in [0.4, 0.5) is 4.79 Å². The molecule has 28 heavy (non-hydrogen) atoms. The lowest BCUT2D eigenvalue weighted by Gasteiger charge is -2.14.